The first-order valence-electron chi connectivity index (χ1n) is 9.91. The highest BCUT2D eigenvalue weighted by atomic mass is 28.4. The normalized spacial score (nSPS) is 30.0. The quantitative estimate of drug-likeness (QED) is 0.532. The number of esters is 1. The molecule has 2 rings (SSSR count). The maximum atomic E-state index is 11.9. The summed E-state index contributed by atoms with van der Waals surface area (Å²) in [5.41, 5.74) is 0.589. The van der Waals surface area contributed by atoms with Gasteiger partial charge in [0, 0.05) is 24.5 Å². The van der Waals surface area contributed by atoms with Crippen molar-refractivity contribution >= 4 is 22.6 Å². The van der Waals surface area contributed by atoms with Crippen molar-refractivity contribution in [3.8, 4) is 0 Å². The summed E-state index contributed by atoms with van der Waals surface area (Å²) in [5, 5.41) is 11.3. The van der Waals surface area contributed by atoms with Crippen LogP contribution in [0.4, 0.5) is 0 Å². The van der Waals surface area contributed by atoms with Crippen LogP contribution in [0.15, 0.2) is 11.6 Å². The number of carbonyl (C=O) groups is 1. The Hall–Kier alpha value is -0.476. The predicted octanol–water partition coefficient (Wildman–Crippen LogP) is 4.73. The molecule has 7 heteroatoms. The van der Waals surface area contributed by atoms with Gasteiger partial charge in [-0.15, -0.1) is 0 Å². The van der Waals surface area contributed by atoms with Gasteiger partial charge in [0.2, 0.25) is 0 Å². The molecule has 0 bridgehead atoms. The number of ether oxygens (including phenoxy) is 1. The fourth-order valence-electron chi connectivity index (χ4n) is 3.04. The van der Waals surface area contributed by atoms with Gasteiger partial charge in [0.15, 0.2) is 16.6 Å². The summed E-state index contributed by atoms with van der Waals surface area (Å²) in [5.74, 6) is -2.15. The summed E-state index contributed by atoms with van der Waals surface area (Å²) in [6, 6.07) is 0. The number of hydrogen-bond acceptors (Lipinski definition) is 5. The lowest BCUT2D eigenvalue weighted by Gasteiger charge is -2.48. The van der Waals surface area contributed by atoms with Crippen LogP contribution < -0.4 is 0 Å². The minimum Gasteiger partial charge on any atom is -0.423 e. The Kier molecular flexibility index (Phi) is 5.74. The van der Waals surface area contributed by atoms with Gasteiger partial charge in [-0.2, -0.15) is 0 Å². The lowest BCUT2D eigenvalue weighted by Crippen LogP contribution is -2.58. The van der Waals surface area contributed by atoms with Crippen LogP contribution in [0.25, 0.3) is 0 Å². The Labute approximate surface area is 166 Å². The van der Waals surface area contributed by atoms with Gasteiger partial charge >= 0.3 is 5.97 Å². The standard InChI is InChI=1S/C20H38O5Si2/c1-18(2,3)26(7,8)24-15-11-14-12-17(21)23-20(14,22)16(13-15)25-27(9,10)19(4,5)6/h12,15-16,22H,11,13H2,1-10H3/t15-,16+,20+/m1/s1. The Bertz CT molecular complexity index is 627. The molecule has 1 N–H and O–H groups in total. The average Bonchev–Trinajstić information content (AvgIpc) is 2.70. The third kappa shape index (κ3) is 4.42. The first-order chi connectivity index (χ1) is 11.9. The van der Waals surface area contributed by atoms with E-state index in [-0.39, 0.29) is 16.2 Å². The largest absolute Gasteiger partial charge is 0.423 e. The van der Waals surface area contributed by atoms with E-state index in [2.05, 4.69) is 67.7 Å². The second kappa shape index (κ2) is 6.80. The summed E-state index contributed by atoms with van der Waals surface area (Å²) in [6.45, 7) is 21.9. The van der Waals surface area contributed by atoms with E-state index < -0.39 is 34.5 Å². The van der Waals surface area contributed by atoms with Crippen molar-refractivity contribution in [3.63, 3.8) is 0 Å². The molecule has 0 aromatic rings. The minimum atomic E-state index is -2.17. The molecular weight excluding hydrogens is 376 g/mol. The van der Waals surface area contributed by atoms with Crippen LogP contribution in [0, 0.1) is 0 Å². The molecule has 0 radical (unpaired) electrons. The van der Waals surface area contributed by atoms with Gasteiger partial charge in [-0.05, 0) is 36.3 Å². The number of hydrogen-bond donors (Lipinski definition) is 1. The van der Waals surface area contributed by atoms with E-state index >= 15 is 0 Å². The lowest BCUT2D eigenvalue weighted by molar-refractivity contribution is -0.225. The van der Waals surface area contributed by atoms with Crippen molar-refractivity contribution in [2.24, 2.45) is 0 Å². The molecule has 1 saturated carbocycles. The van der Waals surface area contributed by atoms with Crippen molar-refractivity contribution < 1.29 is 23.5 Å². The molecule has 1 heterocycles. The van der Waals surface area contributed by atoms with Crippen molar-refractivity contribution in [1.82, 2.24) is 0 Å². The number of fused-ring (bicyclic) bond motifs is 1. The highest BCUT2D eigenvalue weighted by molar-refractivity contribution is 6.74. The van der Waals surface area contributed by atoms with Crippen LogP contribution in [-0.2, 0) is 18.4 Å². The third-order valence-electron chi connectivity index (χ3n) is 6.88. The maximum Gasteiger partial charge on any atom is 0.333 e. The summed E-state index contributed by atoms with van der Waals surface area (Å²) in [4.78, 5) is 11.9. The molecule has 0 amide bonds. The van der Waals surface area contributed by atoms with Crippen LogP contribution >= 0.6 is 0 Å². The van der Waals surface area contributed by atoms with E-state index in [9.17, 15) is 9.90 Å². The third-order valence-corrected chi connectivity index (χ3v) is 15.9. The molecule has 0 saturated heterocycles. The molecule has 0 spiro atoms. The van der Waals surface area contributed by atoms with Crippen LogP contribution in [0.3, 0.4) is 0 Å². The minimum absolute atomic E-state index is 0.0108. The summed E-state index contributed by atoms with van der Waals surface area (Å²) in [7, 11) is -4.15. The van der Waals surface area contributed by atoms with Gasteiger partial charge in [-0.25, -0.2) is 4.79 Å². The summed E-state index contributed by atoms with van der Waals surface area (Å²) < 4.78 is 18.5. The number of rotatable bonds is 4. The predicted molar refractivity (Wildman–Crippen MR) is 112 cm³/mol. The smallest absolute Gasteiger partial charge is 0.333 e. The lowest BCUT2D eigenvalue weighted by atomic mass is 9.85. The molecule has 0 aromatic heterocycles. The van der Waals surface area contributed by atoms with Crippen molar-refractivity contribution in [3.05, 3.63) is 11.6 Å². The van der Waals surface area contributed by atoms with E-state index in [4.69, 9.17) is 13.6 Å². The molecule has 1 fully saturated rings. The van der Waals surface area contributed by atoms with Crippen molar-refractivity contribution in [1.29, 1.82) is 0 Å². The second-order valence-corrected chi connectivity index (χ2v) is 20.6. The molecule has 1 aliphatic carbocycles. The average molecular weight is 415 g/mol. The fourth-order valence-corrected chi connectivity index (χ4v) is 5.73. The zero-order valence-corrected chi connectivity index (χ0v) is 20.7. The van der Waals surface area contributed by atoms with Gasteiger partial charge in [-0.3, -0.25) is 0 Å². The van der Waals surface area contributed by atoms with Gasteiger partial charge in [0.1, 0.15) is 6.10 Å². The molecule has 1 aliphatic heterocycles. The van der Waals surface area contributed by atoms with E-state index in [1.54, 1.807) is 0 Å². The number of aliphatic hydroxyl groups is 1. The Morgan fingerprint density at radius 2 is 1.52 bits per heavy atom. The van der Waals surface area contributed by atoms with Crippen molar-refractivity contribution in [2.75, 3.05) is 0 Å². The molecule has 156 valence electrons. The highest BCUT2D eigenvalue weighted by Crippen LogP contribution is 2.47. The van der Waals surface area contributed by atoms with Crippen LogP contribution in [0.1, 0.15) is 54.4 Å². The second-order valence-electron chi connectivity index (χ2n) is 11.1. The van der Waals surface area contributed by atoms with Crippen molar-refractivity contribution in [2.45, 2.75) is 109 Å². The van der Waals surface area contributed by atoms with Crippen LogP contribution in [0.5, 0.6) is 0 Å². The first kappa shape index (κ1) is 22.8. The SMILES string of the molecule is CC(C)(C)[Si](C)(C)O[C@@H]1CC2=CC(=O)O[C@]2(O)[C@@H](O[Si](C)(C)C(C)(C)C)C1. The monoisotopic (exact) mass is 414 g/mol. The molecule has 0 aromatic carbocycles. The highest BCUT2D eigenvalue weighted by Gasteiger charge is 2.56. The molecule has 0 unspecified atom stereocenters. The van der Waals surface area contributed by atoms with Gasteiger partial charge in [0.05, 0.1) is 6.10 Å². The van der Waals surface area contributed by atoms with E-state index in [0.717, 1.165) is 0 Å². The zero-order chi connectivity index (χ0) is 21.1. The van der Waals surface area contributed by atoms with Gasteiger partial charge < -0.3 is 18.7 Å². The molecule has 2 aliphatic rings. The molecule has 5 nitrogen and oxygen atoms in total. The zero-order valence-electron chi connectivity index (χ0n) is 18.7. The molecule has 3 atom stereocenters. The molecular formula is C20H38O5Si2. The van der Waals surface area contributed by atoms with Crippen LogP contribution in [0.2, 0.25) is 36.3 Å². The van der Waals surface area contributed by atoms with E-state index in [1.807, 2.05) is 0 Å². The van der Waals surface area contributed by atoms with Gasteiger partial charge in [-0.1, -0.05) is 41.5 Å². The Morgan fingerprint density at radius 1 is 1.04 bits per heavy atom. The van der Waals surface area contributed by atoms with Crippen LogP contribution in [-0.4, -0.2) is 45.7 Å². The topological polar surface area (TPSA) is 65.0 Å². The summed E-state index contributed by atoms with van der Waals surface area (Å²) in [6.07, 6.45) is 1.77. The first-order valence-corrected chi connectivity index (χ1v) is 15.7. The molecule has 27 heavy (non-hydrogen) atoms. The summed E-state index contributed by atoms with van der Waals surface area (Å²) >= 11 is 0. The van der Waals surface area contributed by atoms with E-state index in [0.29, 0.717) is 18.4 Å². The Morgan fingerprint density at radius 3 is 2.00 bits per heavy atom. The number of carbonyl (C=O) groups excluding carboxylic acids is 1. The Balaban J connectivity index is 2.31. The van der Waals surface area contributed by atoms with Gasteiger partial charge in [0.25, 0.3) is 5.79 Å². The van der Waals surface area contributed by atoms with E-state index in [1.165, 1.54) is 6.08 Å². The fraction of sp³-hybridized carbons (Fsp3) is 0.850. The maximum absolute atomic E-state index is 11.9.